The van der Waals surface area contributed by atoms with Gasteiger partial charge in [-0.1, -0.05) is 41.4 Å². The highest BCUT2D eigenvalue weighted by Crippen LogP contribution is 2.14. The molecule has 0 atom stereocenters. The van der Waals surface area contributed by atoms with Crippen LogP contribution in [0.15, 0.2) is 48.5 Å². The van der Waals surface area contributed by atoms with Gasteiger partial charge in [0.2, 0.25) is 0 Å². The number of thiocarbonyl (C=S) groups is 1. The first-order valence-electron chi connectivity index (χ1n) is 6.00. The van der Waals surface area contributed by atoms with Gasteiger partial charge in [-0.15, -0.1) is 0 Å². The van der Waals surface area contributed by atoms with Crippen LogP contribution in [0.4, 0.5) is 5.69 Å². The van der Waals surface area contributed by atoms with Gasteiger partial charge < -0.3 is 5.32 Å². The molecule has 2 N–H and O–H groups in total. The Morgan fingerprint density at radius 3 is 2.40 bits per heavy atom. The smallest absolute Gasteiger partial charge is 0.258 e. The summed E-state index contributed by atoms with van der Waals surface area (Å²) in [5, 5.41) is 6.17. The van der Waals surface area contributed by atoms with Gasteiger partial charge in [0, 0.05) is 5.69 Å². The average molecular weight is 305 g/mol. The summed E-state index contributed by atoms with van der Waals surface area (Å²) in [6.07, 6.45) is 0. The van der Waals surface area contributed by atoms with Crippen molar-refractivity contribution >= 4 is 40.5 Å². The van der Waals surface area contributed by atoms with Crippen molar-refractivity contribution in [2.45, 2.75) is 6.92 Å². The second-order valence-electron chi connectivity index (χ2n) is 4.25. The van der Waals surface area contributed by atoms with E-state index in [1.54, 1.807) is 24.3 Å². The summed E-state index contributed by atoms with van der Waals surface area (Å²) in [4.78, 5) is 12.0. The molecule has 0 fully saturated rings. The van der Waals surface area contributed by atoms with Gasteiger partial charge in [-0.05, 0) is 43.4 Å². The van der Waals surface area contributed by atoms with Crippen LogP contribution in [-0.4, -0.2) is 11.0 Å². The van der Waals surface area contributed by atoms with Gasteiger partial charge >= 0.3 is 0 Å². The minimum absolute atomic E-state index is 0.235. The summed E-state index contributed by atoms with van der Waals surface area (Å²) in [6.45, 7) is 2.00. The topological polar surface area (TPSA) is 41.1 Å². The molecule has 0 saturated heterocycles. The molecule has 0 aliphatic rings. The fraction of sp³-hybridized carbons (Fsp3) is 0.0667. The van der Waals surface area contributed by atoms with Crippen LogP contribution in [0.1, 0.15) is 15.9 Å². The van der Waals surface area contributed by atoms with Crippen LogP contribution in [0.3, 0.4) is 0 Å². The normalized spacial score (nSPS) is 9.90. The second-order valence-corrected chi connectivity index (χ2v) is 5.07. The van der Waals surface area contributed by atoms with Gasteiger partial charge in [0.25, 0.3) is 5.91 Å². The Labute approximate surface area is 128 Å². The molecule has 0 aliphatic carbocycles. The molecular formula is C15H13ClN2OS. The Hall–Kier alpha value is -1.91. The molecular weight excluding hydrogens is 292 g/mol. The fourth-order valence-electron chi connectivity index (χ4n) is 1.62. The lowest BCUT2D eigenvalue weighted by molar-refractivity contribution is 0.0978. The number of carbonyl (C=O) groups excluding carboxylic acids is 1. The zero-order valence-electron chi connectivity index (χ0n) is 10.8. The van der Waals surface area contributed by atoms with Gasteiger partial charge in [-0.2, -0.15) is 0 Å². The number of rotatable bonds is 2. The highest BCUT2D eigenvalue weighted by Gasteiger charge is 2.10. The molecule has 0 heterocycles. The second kappa shape index (κ2) is 6.50. The van der Waals surface area contributed by atoms with Gasteiger partial charge in [-0.3, -0.25) is 10.1 Å². The summed E-state index contributed by atoms with van der Waals surface area (Å²) in [7, 11) is 0. The van der Waals surface area contributed by atoms with E-state index in [0.29, 0.717) is 10.6 Å². The van der Waals surface area contributed by atoms with Crippen molar-refractivity contribution < 1.29 is 4.79 Å². The largest absolute Gasteiger partial charge is 0.332 e. The van der Waals surface area contributed by atoms with Gasteiger partial charge in [0.15, 0.2) is 5.11 Å². The first-order chi connectivity index (χ1) is 9.56. The highest BCUT2D eigenvalue weighted by molar-refractivity contribution is 7.80. The molecule has 0 aliphatic heterocycles. The Morgan fingerprint density at radius 1 is 1.10 bits per heavy atom. The molecule has 5 heteroatoms. The molecule has 3 nitrogen and oxygen atoms in total. The molecule has 0 radical (unpaired) electrons. The van der Waals surface area contributed by atoms with Crippen molar-refractivity contribution in [3.63, 3.8) is 0 Å². The van der Waals surface area contributed by atoms with E-state index in [4.69, 9.17) is 23.8 Å². The summed E-state index contributed by atoms with van der Waals surface area (Å²) in [5.41, 5.74) is 2.36. The predicted octanol–water partition coefficient (Wildman–Crippen LogP) is 3.78. The standard InChI is InChI=1S/C15H13ClN2OS/c1-10-6-8-11(9-7-10)17-15(20)18-14(19)12-4-2-3-5-13(12)16/h2-9H,1H3,(H2,17,18,19,20). The molecule has 0 unspecified atom stereocenters. The minimum Gasteiger partial charge on any atom is -0.332 e. The molecule has 2 rings (SSSR count). The molecule has 0 aromatic heterocycles. The van der Waals surface area contributed by atoms with Gasteiger partial charge in [0.1, 0.15) is 0 Å². The van der Waals surface area contributed by atoms with E-state index in [-0.39, 0.29) is 11.0 Å². The third kappa shape index (κ3) is 3.79. The van der Waals surface area contributed by atoms with E-state index in [9.17, 15) is 4.79 Å². The van der Waals surface area contributed by atoms with Crippen molar-refractivity contribution in [2.75, 3.05) is 5.32 Å². The van der Waals surface area contributed by atoms with E-state index in [1.165, 1.54) is 0 Å². The fourth-order valence-corrected chi connectivity index (χ4v) is 2.05. The van der Waals surface area contributed by atoms with Crippen LogP contribution in [0.25, 0.3) is 0 Å². The number of aryl methyl sites for hydroxylation is 1. The van der Waals surface area contributed by atoms with Crippen molar-refractivity contribution in [2.24, 2.45) is 0 Å². The van der Waals surface area contributed by atoms with Crippen LogP contribution in [0, 0.1) is 6.92 Å². The summed E-state index contributed by atoms with van der Waals surface area (Å²) < 4.78 is 0. The monoisotopic (exact) mass is 304 g/mol. The first-order valence-corrected chi connectivity index (χ1v) is 6.78. The maximum absolute atomic E-state index is 12.0. The zero-order valence-corrected chi connectivity index (χ0v) is 12.4. The number of nitrogens with one attached hydrogen (secondary N) is 2. The first kappa shape index (κ1) is 14.5. The minimum atomic E-state index is -0.333. The Bertz CT molecular complexity index is 641. The van der Waals surface area contributed by atoms with E-state index in [1.807, 2.05) is 31.2 Å². The molecule has 20 heavy (non-hydrogen) atoms. The summed E-state index contributed by atoms with van der Waals surface area (Å²) >= 11 is 11.1. The SMILES string of the molecule is Cc1ccc(NC(=S)NC(=O)c2ccccc2Cl)cc1. The van der Waals surface area contributed by atoms with E-state index in [0.717, 1.165) is 11.3 Å². The molecule has 102 valence electrons. The average Bonchev–Trinajstić information content (AvgIpc) is 2.41. The van der Waals surface area contributed by atoms with E-state index >= 15 is 0 Å². The van der Waals surface area contributed by atoms with Crippen molar-refractivity contribution in [1.29, 1.82) is 0 Å². The third-order valence-electron chi connectivity index (χ3n) is 2.65. The summed E-state index contributed by atoms with van der Waals surface area (Å²) in [5.74, 6) is -0.333. The Kier molecular flexibility index (Phi) is 4.71. The van der Waals surface area contributed by atoms with Crippen LogP contribution in [0.2, 0.25) is 5.02 Å². The van der Waals surface area contributed by atoms with Crippen LogP contribution in [-0.2, 0) is 0 Å². The van der Waals surface area contributed by atoms with Crippen LogP contribution < -0.4 is 10.6 Å². The lowest BCUT2D eigenvalue weighted by Gasteiger charge is -2.10. The number of benzene rings is 2. The van der Waals surface area contributed by atoms with Crippen molar-refractivity contribution in [3.8, 4) is 0 Å². The van der Waals surface area contributed by atoms with E-state index in [2.05, 4.69) is 10.6 Å². The quantitative estimate of drug-likeness (QED) is 0.830. The highest BCUT2D eigenvalue weighted by atomic mass is 35.5. The molecule has 1 amide bonds. The van der Waals surface area contributed by atoms with Crippen LogP contribution >= 0.6 is 23.8 Å². The maximum Gasteiger partial charge on any atom is 0.258 e. The molecule has 2 aromatic rings. The van der Waals surface area contributed by atoms with Crippen molar-refractivity contribution in [1.82, 2.24) is 5.32 Å². The lowest BCUT2D eigenvalue weighted by Crippen LogP contribution is -2.34. The number of halogens is 1. The maximum atomic E-state index is 12.0. The van der Waals surface area contributed by atoms with E-state index < -0.39 is 0 Å². The molecule has 0 saturated carbocycles. The zero-order chi connectivity index (χ0) is 14.5. The number of anilines is 1. The predicted molar refractivity (Wildman–Crippen MR) is 86.3 cm³/mol. The van der Waals surface area contributed by atoms with Gasteiger partial charge in [-0.25, -0.2) is 0 Å². The third-order valence-corrected chi connectivity index (χ3v) is 3.19. The molecule has 0 spiro atoms. The lowest BCUT2D eigenvalue weighted by atomic mass is 10.2. The van der Waals surface area contributed by atoms with Gasteiger partial charge in [0.05, 0.1) is 10.6 Å². The number of carbonyl (C=O) groups is 1. The van der Waals surface area contributed by atoms with Crippen molar-refractivity contribution in [3.05, 3.63) is 64.7 Å². The number of hydrogen-bond donors (Lipinski definition) is 2. The molecule has 0 bridgehead atoms. The Morgan fingerprint density at radius 2 is 1.75 bits per heavy atom. The Balaban J connectivity index is 2.00. The number of hydrogen-bond acceptors (Lipinski definition) is 2. The summed E-state index contributed by atoms with van der Waals surface area (Å²) in [6, 6.07) is 14.5. The molecule has 2 aromatic carbocycles. The van der Waals surface area contributed by atoms with Crippen LogP contribution in [0.5, 0.6) is 0 Å². The number of amides is 1.